The molecule has 1 aliphatic rings. The highest BCUT2D eigenvalue weighted by Gasteiger charge is 2.22. The van der Waals surface area contributed by atoms with Crippen molar-refractivity contribution in [3.8, 4) is 0 Å². The van der Waals surface area contributed by atoms with Gasteiger partial charge in [0.2, 0.25) is 0 Å². The van der Waals surface area contributed by atoms with Crippen LogP contribution in [0.2, 0.25) is 5.02 Å². The van der Waals surface area contributed by atoms with E-state index in [1.165, 1.54) is 0 Å². The zero-order chi connectivity index (χ0) is 18.1. The molecule has 7 nitrogen and oxygen atoms in total. The molecule has 0 bridgehead atoms. The van der Waals surface area contributed by atoms with Gasteiger partial charge in [0.25, 0.3) is 0 Å². The first-order valence-electron chi connectivity index (χ1n) is 8.28. The first kappa shape index (κ1) is 16.5. The molecule has 1 aliphatic heterocycles. The molecule has 0 unspecified atom stereocenters. The van der Waals surface area contributed by atoms with E-state index >= 15 is 0 Å². The lowest BCUT2D eigenvalue weighted by Crippen LogP contribution is -2.50. The van der Waals surface area contributed by atoms with Crippen molar-refractivity contribution in [1.29, 1.82) is 0 Å². The largest absolute Gasteiger partial charge is 0.417 e. The van der Waals surface area contributed by atoms with E-state index in [2.05, 4.69) is 15.2 Å². The topological polar surface area (TPSA) is 81.6 Å². The highest BCUT2D eigenvalue weighted by Crippen LogP contribution is 2.22. The molecule has 4 rings (SSSR count). The van der Waals surface area contributed by atoms with Gasteiger partial charge in [0, 0.05) is 48.6 Å². The van der Waals surface area contributed by atoms with Crippen LogP contribution < -0.4 is 16.0 Å². The summed E-state index contributed by atoms with van der Waals surface area (Å²) in [5.74, 6) is -0.459. The summed E-state index contributed by atoms with van der Waals surface area (Å²) in [7, 11) is 0. The van der Waals surface area contributed by atoms with Gasteiger partial charge in [-0.1, -0.05) is 17.7 Å². The van der Waals surface area contributed by atoms with Crippen LogP contribution in [0, 0.1) is 0 Å². The normalized spacial score (nSPS) is 14.7. The first-order chi connectivity index (χ1) is 12.6. The number of nitrogens with zero attached hydrogens (tertiary/aromatic N) is 2. The van der Waals surface area contributed by atoms with Crippen LogP contribution in [0.1, 0.15) is 0 Å². The van der Waals surface area contributed by atoms with Crippen molar-refractivity contribution in [2.75, 3.05) is 36.4 Å². The Kier molecular flexibility index (Phi) is 4.30. The summed E-state index contributed by atoms with van der Waals surface area (Å²) in [5.41, 5.74) is 2.86. The SMILES string of the molecule is O=C(Nc1cccc(Cl)c1)N1CCN(c2ccc3[nH]c(=O)oc3c2)CC1. The number of nitrogens with one attached hydrogen (secondary N) is 2. The number of benzene rings is 2. The lowest BCUT2D eigenvalue weighted by atomic mass is 10.2. The van der Waals surface area contributed by atoms with E-state index in [4.69, 9.17) is 16.0 Å². The zero-order valence-electron chi connectivity index (χ0n) is 13.9. The molecule has 1 saturated heterocycles. The number of carbonyl (C=O) groups is 1. The Morgan fingerprint density at radius 2 is 1.92 bits per heavy atom. The number of anilines is 2. The number of aromatic nitrogens is 1. The van der Waals surface area contributed by atoms with E-state index in [0.717, 1.165) is 5.69 Å². The summed E-state index contributed by atoms with van der Waals surface area (Å²) in [4.78, 5) is 30.2. The molecule has 0 saturated carbocycles. The highest BCUT2D eigenvalue weighted by molar-refractivity contribution is 6.30. The maximum Gasteiger partial charge on any atom is 0.417 e. The number of carbonyl (C=O) groups excluding carboxylic acids is 1. The number of halogens is 1. The predicted molar refractivity (Wildman–Crippen MR) is 101 cm³/mol. The van der Waals surface area contributed by atoms with E-state index in [9.17, 15) is 9.59 Å². The quantitative estimate of drug-likeness (QED) is 0.724. The van der Waals surface area contributed by atoms with Crippen molar-refractivity contribution < 1.29 is 9.21 Å². The number of urea groups is 1. The smallest absolute Gasteiger partial charge is 0.408 e. The van der Waals surface area contributed by atoms with Crippen molar-refractivity contribution in [2.24, 2.45) is 0 Å². The van der Waals surface area contributed by atoms with E-state index in [0.29, 0.717) is 48.0 Å². The average Bonchev–Trinajstić information content (AvgIpc) is 3.01. The molecule has 2 heterocycles. The van der Waals surface area contributed by atoms with Crippen molar-refractivity contribution >= 4 is 40.1 Å². The number of hydrogen-bond donors (Lipinski definition) is 2. The minimum Gasteiger partial charge on any atom is -0.408 e. The van der Waals surface area contributed by atoms with Crippen LogP contribution in [-0.4, -0.2) is 42.1 Å². The summed E-state index contributed by atoms with van der Waals surface area (Å²) in [6.45, 7) is 2.59. The molecule has 0 spiro atoms. The van der Waals surface area contributed by atoms with Crippen LogP contribution in [0.15, 0.2) is 51.7 Å². The summed E-state index contributed by atoms with van der Waals surface area (Å²) < 4.78 is 5.11. The van der Waals surface area contributed by atoms with Crippen LogP contribution in [0.25, 0.3) is 11.1 Å². The van der Waals surface area contributed by atoms with Crippen molar-refractivity contribution in [1.82, 2.24) is 9.88 Å². The maximum atomic E-state index is 12.4. The third-order valence-corrected chi connectivity index (χ3v) is 4.65. The second-order valence-corrected chi connectivity index (χ2v) is 6.55. The summed E-state index contributed by atoms with van der Waals surface area (Å²) in [6, 6.07) is 12.6. The van der Waals surface area contributed by atoms with Gasteiger partial charge in [-0.05, 0) is 30.3 Å². The number of amides is 2. The third-order valence-electron chi connectivity index (χ3n) is 4.41. The third kappa shape index (κ3) is 3.39. The van der Waals surface area contributed by atoms with E-state index in [1.807, 2.05) is 18.2 Å². The van der Waals surface area contributed by atoms with Gasteiger partial charge in [0.15, 0.2) is 5.58 Å². The molecule has 2 N–H and O–H groups in total. The fourth-order valence-corrected chi connectivity index (χ4v) is 3.26. The Balaban J connectivity index is 1.39. The van der Waals surface area contributed by atoms with Crippen molar-refractivity contribution in [3.05, 3.63) is 58.0 Å². The molecule has 0 aliphatic carbocycles. The molecule has 3 aromatic rings. The summed E-state index contributed by atoms with van der Waals surface area (Å²) in [6.07, 6.45) is 0. The Bertz CT molecular complexity index is 1000. The number of rotatable bonds is 2. The molecule has 1 fully saturated rings. The van der Waals surface area contributed by atoms with E-state index in [1.54, 1.807) is 29.2 Å². The number of hydrogen-bond acceptors (Lipinski definition) is 4. The molecule has 0 atom stereocenters. The number of piperazine rings is 1. The van der Waals surface area contributed by atoms with Gasteiger partial charge in [-0.3, -0.25) is 4.98 Å². The molecule has 0 radical (unpaired) electrons. The second-order valence-electron chi connectivity index (χ2n) is 6.11. The maximum absolute atomic E-state index is 12.4. The van der Waals surface area contributed by atoms with Gasteiger partial charge in [-0.25, -0.2) is 9.59 Å². The number of H-pyrrole nitrogens is 1. The monoisotopic (exact) mass is 372 g/mol. The highest BCUT2D eigenvalue weighted by atomic mass is 35.5. The van der Waals surface area contributed by atoms with Crippen molar-refractivity contribution in [2.45, 2.75) is 0 Å². The van der Waals surface area contributed by atoms with Crippen LogP contribution in [0.4, 0.5) is 16.2 Å². The van der Waals surface area contributed by atoms with Crippen LogP contribution in [0.3, 0.4) is 0 Å². The fraction of sp³-hybridized carbons (Fsp3) is 0.222. The van der Waals surface area contributed by atoms with Gasteiger partial charge in [0.1, 0.15) is 0 Å². The predicted octanol–water partition coefficient (Wildman–Crippen LogP) is 3.13. The van der Waals surface area contributed by atoms with Gasteiger partial charge in [-0.15, -0.1) is 0 Å². The zero-order valence-corrected chi connectivity index (χ0v) is 14.6. The average molecular weight is 373 g/mol. The Hall–Kier alpha value is -2.93. The number of fused-ring (bicyclic) bond motifs is 1. The van der Waals surface area contributed by atoms with Gasteiger partial charge >= 0.3 is 11.8 Å². The Morgan fingerprint density at radius 1 is 1.12 bits per heavy atom. The molecule has 134 valence electrons. The van der Waals surface area contributed by atoms with E-state index < -0.39 is 5.76 Å². The minimum atomic E-state index is -0.459. The molecule has 2 amide bonds. The lowest BCUT2D eigenvalue weighted by molar-refractivity contribution is 0.208. The number of aromatic amines is 1. The molecular weight excluding hydrogens is 356 g/mol. The standard InChI is InChI=1S/C18H17ClN4O3/c19-12-2-1-3-13(10-12)20-17(24)23-8-6-22(7-9-23)14-4-5-15-16(11-14)26-18(25)21-15/h1-5,10-11H,6-9H2,(H,20,24)(H,21,25). The van der Waals surface area contributed by atoms with Crippen LogP contribution in [0.5, 0.6) is 0 Å². The van der Waals surface area contributed by atoms with Crippen LogP contribution >= 0.6 is 11.6 Å². The Morgan fingerprint density at radius 3 is 2.69 bits per heavy atom. The van der Waals surface area contributed by atoms with Crippen LogP contribution in [-0.2, 0) is 0 Å². The summed E-state index contributed by atoms with van der Waals surface area (Å²) in [5, 5.41) is 3.45. The Labute approximate surface area is 154 Å². The second kappa shape index (κ2) is 6.76. The van der Waals surface area contributed by atoms with Gasteiger partial charge in [-0.2, -0.15) is 0 Å². The lowest BCUT2D eigenvalue weighted by Gasteiger charge is -2.36. The van der Waals surface area contributed by atoms with E-state index in [-0.39, 0.29) is 6.03 Å². The van der Waals surface area contributed by atoms with Crippen molar-refractivity contribution in [3.63, 3.8) is 0 Å². The summed E-state index contributed by atoms with van der Waals surface area (Å²) >= 11 is 5.94. The fourth-order valence-electron chi connectivity index (χ4n) is 3.07. The molecule has 26 heavy (non-hydrogen) atoms. The molecule has 1 aromatic heterocycles. The van der Waals surface area contributed by atoms with Gasteiger partial charge in [0.05, 0.1) is 5.52 Å². The molecular formula is C18H17ClN4O3. The number of oxazole rings is 1. The minimum absolute atomic E-state index is 0.140. The first-order valence-corrected chi connectivity index (χ1v) is 8.65. The van der Waals surface area contributed by atoms with Gasteiger partial charge < -0.3 is 19.5 Å². The molecule has 2 aromatic carbocycles. The molecule has 8 heteroatoms.